The molecule has 0 aromatic carbocycles. The molecule has 30 heavy (non-hydrogen) atoms. The summed E-state index contributed by atoms with van der Waals surface area (Å²) in [5.41, 5.74) is 0. The minimum absolute atomic E-state index is 0.250. The molecule has 1 heterocycles. The molecule has 0 fully saturated rings. The van der Waals surface area contributed by atoms with E-state index in [1.54, 1.807) is 0 Å². The van der Waals surface area contributed by atoms with E-state index in [1.165, 1.54) is 115 Å². The number of quaternary nitrogens is 1. The minimum atomic E-state index is 0.250. The Morgan fingerprint density at radius 2 is 1.27 bits per heavy atom. The summed E-state index contributed by atoms with van der Waals surface area (Å²) in [5.74, 6) is 1.18. The Balaban J connectivity index is 1.87. The normalized spacial score (nSPS) is 19.1. The molecule has 0 spiro atoms. The number of rotatable bonds is 21. The van der Waals surface area contributed by atoms with E-state index in [2.05, 4.69) is 31.0 Å². The van der Waals surface area contributed by atoms with E-state index in [0.29, 0.717) is 0 Å². The molecule has 3 heteroatoms. The average molecular weight is 422 g/mol. The van der Waals surface area contributed by atoms with Crippen LogP contribution < -0.4 is 0 Å². The lowest BCUT2D eigenvalue weighted by Gasteiger charge is -2.31. The summed E-state index contributed by atoms with van der Waals surface area (Å²) in [6.07, 6.45) is 28.5. The molecule has 0 aromatic heterocycles. The molecule has 0 radical (unpaired) electrons. The van der Waals surface area contributed by atoms with E-state index in [0.717, 1.165) is 30.7 Å². The van der Waals surface area contributed by atoms with Crippen LogP contribution in [-0.4, -0.2) is 48.2 Å². The van der Waals surface area contributed by atoms with Gasteiger partial charge in [0.15, 0.2) is 0 Å². The Kier molecular flexibility index (Phi) is 17.4. The zero-order chi connectivity index (χ0) is 21.8. The van der Waals surface area contributed by atoms with Gasteiger partial charge >= 0.3 is 0 Å². The van der Waals surface area contributed by atoms with Crippen molar-refractivity contribution in [3.63, 3.8) is 0 Å². The number of unbranched alkanes of at least 4 members (excludes halogenated alkanes) is 16. The number of aliphatic imine (C=N–C) groups is 1. The first-order valence-electron chi connectivity index (χ1n) is 13.5. The van der Waals surface area contributed by atoms with Gasteiger partial charge in [0.25, 0.3) is 0 Å². The lowest BCUT2D eigenvalue weighted by molar-refractivity contribution is -0.832. The lowest BCUT2D eigenvalue weighted by Crippen LogP contribution is -2.51. The van der Waals surface area contributed by atoms with Crippen LogP contribution in [0.25, 0.3) is 0 Å². The number of hydrogen-bond donors (Lipinski definition) is 1. The zero-order valence-electron chi connectivity index (χ0n) is 20.6. The first-order chi connectivity index (χ1) is 14.8. The van der Waals surface area contributed by atoms with Crippen LogP contribution in [0.2, 0.25) is 0 Å². The van der Waals surface area contributed by atoms with Crippen molar-refractivity contribution in [1.29, 1.82) is 0 Å². The third-order valence-corrected chi connectivity index (χ3v) is 6.91. The van der Waals surface area contributed by atoms with Crippen molar-refractivity contribution in [2.24, 2.45) is 4.99 Å². The number of likely N-dealkylation sites (N-methyl/N-ethyl adjacent to an activating group) is 1. The van der Waals surface area contributed by atoms with E-state index in [9.17, 15) is 5.11 Å². The van der Waals surface area contributed by atoms with Gasteiger partial charge in [-0.2, -0.15) is 0 Å². The van der Waals surface area contributed by atoms with Gasteiger partial charge in [-0.25, -0.2) is 4.99 Å². The maximum atomic E-state index is 9.37. The van der Waals surface area contributed by atoms with Gasteiger partial charge in [0, 0.05) is 6.08 Å². The van der Waals surface area contributed by atoms with Crippen LogP contribution in [0.5, 0.6) is 0 Å². The van der Waals surface area contributed by atoms with Crippen LogP contribution in [-0.2, 0) is 0 Å². The quantitative estimate of drug-likeness (QED) is 0.152. The fourth-order valence-electron chi connectivity index (χ4n) is 4.73. The highest BCUT2D eigenvalue weighted by Gasteiger charge is 2.34. The maximum Gasteiger partial charge on any atom is 0.222 e. The summed E-state index contributed by atoms with van der Waals surface area (Å²) in [6, 6.07) is 0. The van der Waals surface area contributed by atoms with E-state index in [-0.39, 0.29) is 6.61 Å². The summed E-state index contributed by atoms with van der Waals surface area (Å²) in [6.45, 7) is 8.55. The molecular formula is C27H53N2O+. The highest BCUT2D eigenvalue weighted by Crippen LogP contribution is 2.17. The molecule has 0 amide bonds. The highest BCUT2D eigenvalue weighted by molar-refractivity contribution is 5.88. The summed E-state index contributed by atoms with van der Waals surface area (Å²) < 4.78 is 0.867. The van der Waals surface area contributed by atoms with Crippen LogP contribution in [0, 0.1) is 0 Å². The molecule has 1 unspecified atom stereocenters. The van der Waals surface area contributed by atoms with Crippen molar-refractivity contribution >= 4 is 5.84 Å². The fourth-order valence-corrected chi connectivity index (χ4v) is 4.73. The predicted octanol–water partition coefficient (Wildman–Crippen LogP) is 7.44. The second-order valence-electron chi connectivity index (χ2n) is 9.37. The topological polar surface area (TPSA) is 32.6 Å². The van der Waals surface area contributed by atoms with Gasteiger partial charge in [0.05, 0.1) is 19.7 Å². The number of nitrogens with zero attached hydrogens (tertiary/aromatic N) is 2. The number of amidine groups is 1. The molecule has 0 aliphatic carbocycles. The van der Waals surface area contributed by atoms with E-state index in [1.807, 2.05) is 0 Å². The monoisotopic (exact) mass is 421 g/mol. The van der Waals surface area contributed by atoms with Crippen LogP contribution in [0.1, 0.15) is 123 Å². The van der Waals surface area contributed by atoms with Crippen LogP contribution in [0.3, 0.4) is 0 Å². The predicted molar refractivity (Wildman–Crippen MR) is 133 cm³/mol. The molecule has 1 atom stereocenters. The van der Waals surface area contributed by atoms with E-state index in [4.69, 9.17) is 0 Å². The summed E-state index contributed by atoms with van der Waals surface area (Å²) >= 11 is 0. The fraction of sp³-hybridized carbons (Fsp3) is 0.889. The SMILES string of the molecule is CCCCCCCCCCCCCCCCCC/C=C/C1=NCC[N+]1(CC)CCO. The molecule has 0 bridgehead atoms. The number of hydrogen-bond acceptors (Lipinski definition) is 2. The van der Waals surface area contributed by atoms with Gasteiger partial charge in [-0.15, -0.1) is 0 Å². The standard InChI is InChI=1S/C27H53N2O/c1-3-5-6-7-8-9-10-11-12-13-14-15-16-17-18-19-20-21-22-27-28-23-24-29(27,4-2)25-26-30/h21-22,30H,3-20,23-26H2,1-2H3/q+1/b22-21+. The smallest absolute Gasteiger partial charge is 0.222 e. The van der Waals surface area contributed by atoms with E-state index >= 15 is 0 Å². The summed E-state index contributed by atoms with van der Waals surface area (Å²) in [4.78, 5) is 4.68. The Bertz CT molecular complexity index is 446. The lowest BCUT2D eigenvalue weighted by atomic mass is 10.0. The molecule has 1 aliphatic rings. The second kappa shape index (κ2) is 19.0. The second-order valence-corrected chi connectivity index (χ2v) is 9.37. The summed E-state index contributed by atoms with van der Waals surface area (Å²) in [5, 5.41) is 9.37. The van der Waals surface area contributed by atoms with Crippen molar-refractivity contribution < 1.29 is 9.59 Å². The first-order valence-corrected chi connectivity index (χ1v) is 13.5. The molecule has 176 valence electrons. The molecular weight excluding hydrogens is 368 g/mol. The molecule has 0 saturated heterocycles. The number of aliphatic hydroxyl groups excluding tert-OH is 1. The van der Waals surface area contributed by atoms with Crippen LogP contribution in [0.4, 0.5) is 0 Å². The molecule has 1 aliphatic heterocycles. The van der Waals surface area contributed by atoms with Gasteiger partial charge in [-0.3, -0.25) is 4.48 Å². The van der Waals surface area contributed by atoms with Crippen molar-refractivity contribution in [3.8, 4) is 0 Å². The Labute approximate surface area is 188 Å². The van der Waals surface area contributed by atoms with Gasteiger partial charge in [0.1, 0.15) is 13.1 Å². The number of aliphatic hydroxyl groups is 1. The average Bonchev–Trinajstić information content (AvgIpc) is 3.16. The Morgan fingerprint density at radius 1 is 0.767 bits per heavy atom. The van der Waals surface area contributed by atoms with Gasteiger partial charge in [-0.05, 0) is 19.8 Å². The van der Waals surface area contributed by atoms with Crippen LogP contribution in [0.15, 0.2) is 17.1 Å². The van der Waals surface area contributed by atoms with Gasteiger partial charge < -0.3 is 5.11 Å². The minimum Gasteiger partial charge on any atom is -0.390 e. The Hall–Kier alpha value is -0.670. The largest absolute Gasteiger partial charge is 0.390 e. The third kappa shape index (κ3) is 12.2. The third-order valence-electron chi connectivity index (χ3n) is 6.91. The van der Waals surface area contributed by atoms with Crippen molar-refractivity contribution in [2.75, 3.05) is 32.8 Å². The van der Waals surface area contributed by atoms with Crippen LogP contribution >= 0.6 is 0 Å². The molecule has 3 nitrogen and oxygen atoms in total. The maximum absolute atomic E-state index is 9.37. The van der Waals surface area contributed by atoms with Crippen molar-refractivity contribution in [3.05, 3.63) is 12.2 Å². The van der Waals surface area contributed by atoms with Crippen molar-refractivity contribution in [1.82, 2.24) is 0 Å². The molecule has 0 saturated carbocycles. The first kappa shape index (κ1) is 27.4. The molecule has 1 N–H and O–H groups in total. The highest BCUT2D eigenvalue weighted by atomic mass is 16.3. The summed E-state index contributed by atoms with van der Waals surface area (Å²) in [7, 11) is 0. The number of allylic oxidation sites excluding steroid dienone is 1. The van der Waals surface area contributed by atoms with E-state index < -0.39 is 0 Å². The Morgan fingerprint density at radius 3 is 1.73 bits per heavy atom. The van der Waals surface area contributed by atoms with Crippen molar-refractivity contribution in [2.45, 2.75) is 123 Å². The molecule has 0 aromatic rings. The van der Waals surface area contributed by atoms with Gasteiger partial charge in [0.2, 0.25) is 5.84 Å². The zero-order valence-corrected chi connectivity index (χ0v) is 20.6. The van der Waals surface area contributed by atoms with Gasteiger partial charge in [-0.1, -0.05) is 109 Å². The molecule has 1 rings (SSSR count).